The highest BCUT2D eigenvalue weighted by Crippen LogP contribution is 2.48. The van der Waals surface area contributed by atoms with E-state index in [-0.39, 0.29) is 0 Å². The van der Waals surface area contributed by atoms with Gasteiger partial charge in [-0.05, 0) is 79.4 Å². The fraction of sp³-hybridized carbons (Fsp3) is 0.600. The van der Waals surface area contributed by atoms with Crippen molar-refractivity contribution in [3.05, 3.63) is 59.7 Å². The molecule has 4 rings (SSSR count). The summed E-state index contributed by atoms with van der Waals surface area (Å²) in [6.45, 7) is 4.47. The fourth-order valence-corrected chi connectivity index (χ4v) is 6.28. The molecule has 2 aliphatic carbocycles. The second-order valence-electron chi connectivity index (χ2n) is 10.4. The van der Waals surface area contributed by atoms with Gasteiger partial charge in [-0.2, -0.15) is 0 Å². The Hall–Kier alpha value is -1.56. The van der Waals surface area contributed by atoms with Gasteiger partial charge in [-0.3, -0.25) is 0 Å². The molecule has 2 saturated carbocycles. The van der Waals surface area contributed by atoms with Crippen molar-refractivity contribution in [2.75, 3.05) is 0 Å². The van der Waals surface area contributed by atoms with Crippen LogP contribution >= 0.6 is 0 Å². The minimum atomic E-state index is 0.795. The fourth-order valence-electron chi connectivity index (χ4n) is 6.28. The molecule has 0 amide bonds. The molecular formula is C30H42. The van der Waals surface area contributed by atoms with Crippen LogP contribution < -0.4 is 0 Å². The molecule has 162 valence electrons. The van der Waals surface area contributed by atoms with Crippen LogP contribution in [0.15, 0.2) is 48.5 Å². The Morgan fingerprint density at radius 1 is 0.667 bits per heavy atom. The van der Waals surface area contributed by atoms with Gasteiger partial charge in [-0.15, -0.1) is 0 Å². The maximum atomic E-state index is 2.42. The second-order valence-corrected chi connectivity index (χ2v) is 10.4. The first kappa shape index (κ1) is 21.7. The number of benzene rings is 2. The molecule has 2 fully saturated rings. The standard InChI is InChI=1S/C30H42/c1-3-4-5-6-7-8-24-11-14-30-22-29(20-19-28(30)21-24)27-17-15-26(16-18-27)25-12-9-23(2)10-13-25/h9-10,12-13,15-18,24,28-30H,3-8,11,14,19-22H2,1-2H3/t24?,28-,29-,30-/m1/s1. The topological polar surface area (TPSA) is 0 Å². The Morgan fingerprint density at radius 2 is 1.30 bits per heavy atom. The van der Waals surface area contributed by atoms with Crippen molar-refractivity contribution >= 4 is 0 Å². The van der Waals surface area contributed by atoms with Crippen LogP contribution in [0.2, 0.25) is 0 Å². The number of hydrogen-bond acceptors (Lipinski definition) is 0. The summed E-state index contributed by atoms with van der Waals surface area (Å²) in [5.41, 5.74) is 5.61. The molecule has 2 aromatic carbocycles. The number of hydrogen-bond donors (Lipinski definition) is 0. The van der Waals surface area contributed by atoms with Crippen LogP contribution in [-0.2, 0) is 0 Å². The summed E-state index contributed by atoms with van der Waals surface area (Å²) in [6, 6.07) is 18.5. The molecule has 2 aliphatic rings. The van der Waals surface area contributed by atoms with E-state index in [0.717, 1.165) is 23.7 Å². The predicted molar refractivity (Wildman–Crippen MR) is 131 cm³/mol. The van der Waals surface area contributed by atoms with Crippen LogP contribution in [0.25, 0.3) is 11.1 Å². The van der Waals surface area contributed by atoms with Crippen molar-refractivity contribution in [3.63, 3.8) is 0 Å². The average Bonchev–Trinajstić information content (AvgIpc) is 2.79. The monoisotopic (exact) mass is 402 g/mol. The Labute approximate surface area is 185 Å². The number of aryl methyl sites for hydroxylation is 1. The number of unbranched alkanes of at least 4 members (excludes halogenated alkanes) is 4. The molecule has 2 aromatic rings. The number of fused-ring (bicyclic) bond motifs is 1. The van der Waals surface area contributed by atoms with Gasteiger partial charge >= 0.3 is 0 Å². The highest BCUT2D eigenvalue weighted by molar-refractivity contribution is 5.64. The van der Waals surface area contributed by atoms with E-state index in [1.165, 1.54) is 93.7 Å². The first-order chi connectivity index (χ1) is 14.7. The molecule has 30 heavy (non-hydrogen) atoms. The van der Waals surface area contributed by atoms with Gasteiger partial charge in [0.2, 0.25) is 0 Å². The highest BCUT2D eigenvalue weighted by atomic mass is 14.4. The van der Waals surface area contributed by atoms with Gasteiger partial charge in [-0.25, -0.2) is 0 Å². The van der Waals surface area contributed by atoms with Crippen LogP contribution in [-0.4, -0.2) is 0 Å². The molecule has 0 aromatic heterocycles. The first-order valence-electron chi connectivity index (χ1n) is 12.9. The highest BCUT2D eigenvalue weighted by Gasteiger charge is 2.35. The lowest BCUT2D eigenvalue weighted by atomic mass is 9.63. The van der Waals surface area contributed by atoms with E-state index in [1.807, 2.05) is 0 Å². The normalized spacial score (nSPS) is 26.3. The van der Waals surface area contributed by atoms with E-state index in [9.17, 15) is 0 Å². The van der Waals surface area contributed by atoms with Crippen molar-refractivity contribution in [1.82, 2.24) is 0 Å². The summed E-state index contributed by atoms with van der Waals surface area (Å²) < 4.78 is 0. The average molecular weight is 403 g/mol. The van der Waals surface area contributed by atoms with Crippen molar-refractivity contribution in [2.45, 2.75) is 96.8 Å². The van der Waals surface area contributed by atoms with E-state index in [2.05, 4.69) is 62.4 Å². The van der Waals surface area contributed by atoms with Gasteiger partial charge in [0.1, 0.15) is 0 Å². The lowest BCUT2D eigenvalue weighted by molar-refractivity contribution is 0.113. The molecule has 0 nitrogen and oxygen atoms in total. The predicted octanol–water partition coefficient (Wildman–Crippen LogP) is 9.32. The molecule has 0 radical (unpaired) electrons. The van der Waals surface area contributed by atoms with Crippen LogP contribution in [0.1, 0.15) is 101 Å². The minimum Gasteiger partial charge on any atom is -0.0654 e. The van der Waals surface area contributed by atoms with E-state index < -0.39 is 0 Å². The molecule has 1 unspecified atom stereocenters. The summed E-state index contributed by atoms with van der Waals surface area (Å²) in [5.74, 6) is 3.86. The Kier molecular flexibility index (Phi) is 7.69. The maximum absolute atomic E-state index is 2.42. The molecular weight excluding hydrogens is 360 g/mol. The van der Waals surface area contributed by atoms with Crippen LogP contribution in [0.3, 0.4) is 0 Å². The van der Waals surface area contributed by atoms with Crippen molar-refractivity contribution in [1.29, 1.82) is 0 Å². The zero-order chi connectivity index (χ0) is 20.8. The Balaban J connectivity index is 1.27. The Bertz CT molecular complexity index is 754. The van der Waals surface area contributed by atoms with Gasteiger partial charge in [0.05, 0.1) is 0 Å². The molecule has 0 heterocycles. The Morgan fingerprint density at radius 3 is 2.03 bits per heavy atom. The summed E-state index contributed by atoms with van der Waals surface area (Å²) in [5, 5.41) is 0. The van der Waals surface area contributed by atoms with Crippen molar-refractivity contribution in [2.24, 2.45) is 17.8 Å². The molecule has 0 saturated heterocycles. The van der Waals surface area contributed by atoms with Gasteiger partial charge in [0, 0.05) is 0 Å². The maximum Gasteiger partial charge on any atom is -0.0159 e. The molecule has 4 atom stereocenters. The summed E-state index contributed by atoms with van der Waals surface area (Å²) >= 11 is 0. The van der Waals surface area contributed by atoms with Crippen LogP contribution in [0, 0.1) is 24.7 Å². The van der Waals surface area contributed by atoms with Gasteiger partial charge in [-0.1, -0.05) is 106 Å². The zero-order valence-corrected chi connectivity index (χ0v) is 19.4. The largest absolute Gasteiger partial charge is 0.0654 e. The van der Waals surface area contributed by atoms with Gasteiger partial charge in [0.25, 0.3) is 0 Å². The van der Waals surface area contributed by atoms with E-state index in [4.69, 9.17) is 0 Å². The quantitative estimate of drug-likeness (QED) is 0.386. The zero-order valence-electron chi connectivity index (χ0n) is 19.4. The summed E-state index contributed by atoms with van der Waals surface area (Å²) in [4.78, 5) is 0. The molecule has 0 heteroatoms. The molecule has 0 bridgehead atoms. The lowest BCUT2D eigenvalue weighted by Crippen LogP contribution is -2.30. The third-order valence-electron chi connectivity index (χ3n) is 8.20. The van der Waals surface area contributed by atoms with Gasteiger partial charge in [0.15, 0.2) is 0 Å². The minimum absolute atomic E-state index is 0.795. The SMILES string of the molecule is CCCCCCCC1CC[C@@H]2C[C@H](c3ccc(-c4ccc(C)cc4)cc3)CC[C@@H]2C1. The van der Waals surface area contributed by atoms with Crippen molar-refractivity contribution in [3.8, 4) is 11.1 Å². The van der Waals surface area contributed by atoms with E-state index >= 15 is 0 Å². The molecule has 0 aliphatic heterocycles. The van der Waals surface area contributed by atoms with Crippen molar-refractivity contribution < 1.29 is 0 Å². The molecule has 0 spiro atoms. The van der Waals surface area contributed by atoms with Crippen LogP contribution in [0.4, 0.5) is 0 Å². The second kappa shape index (κ2) is 10.7. The third kappa shape index (κ3) is 5.57. The van der Waals surface area contributed by atoms with Gasteiger partial charge < -0.3 is 0 Å². The third-order valence-corrected chi connectivity index (χ3v) is 8.20. The smallest absolute Gasteiger partial charge is 0.0159 e. The first-order valence-corrected chi connectivity index (χ1v) is 12.9. The molecule has 0 N–H and O–H groups in total. The number of rotatable bonds is 8. The van der Waals surface area contributed by atoms with E-state index in [0.29, 0.717) is 0 Å². The summed E-state index contributed by atoms with van der Waals surface area (Å²) in [7, 11) is 0. The van der Waals surface area contributed by atoms with E-state index in [1.54, 1.807) is 5.56 Å². The summed E-state index contributed by atoms with van der Waals surface area (Å²) in [6.07, 6.45) is 17.6. The van der Waals surface area contributed by atoms with Crippen LogP contribution in [0.5, 0.6) is 0 Å². The lowest BCUT2D eigenvalue weighted by Gasteiger charge is -2.42.